The minimum Gasteiger partial charge on any atom is -0.491 e. The van der Waals surface area contributed by atoms with Gasteiger partial charge in [-0.1, -0.05) is 29.8 Å². The van der Waals surface area contributed by atoms with Crippen molar-refractivity contribution in [1.82, 2.24) is 9.80 Å². The molecule has 0 unspecified atom stereocenters. The third-order valence-electron chi connectivity index (χ3n) is 6.21. The van der Waals surface area contributed by atoms with E-state index in [1.54, 1.807) is 28.4 Å². The van der Waals surface area contributed by atoms with Gasteiger partial charge in [0.15, 0.2) is 0 Å². The molecular weight excluding hydrogens is 456 g/mol. The zero-order chi connectivity index (χ0) is 22.8. The normalized spacial score (nSPS) is 17.4. The van der Waals surface area contributed by atoms with Crippen molar-refractivity contribution in [3.63, 3.8) is 0 Å². The molecule has 5 rings (SSSR count). The summed E-state index contributed by atoms with van der Waals surface area (Å²) in [5, 5.41) is 2.73. The summed E-state index contributed by atoms with van der Waals surface area (Å²) in [4.78, 5) is 31.6. The quantitative estimate of drug-likeness (QED) is 0.466. The lowest BCUT2D eigenvalue weighted by Gasteiger charge is -2.37. The zero-order valence-corrected chi connectivity index (χ0v) is 19.7. The lowest BCUT2D eigenvalue weighted by Crippen LogP contribution is -2.48. The second kappa shape index (κ2) is 9.57. The number of hydrogen-bond donors (Lipinski definition) is 0. The average Bonchev–Trinajstić information content (AvgIpc) is 3.57. The van der Waals surface area contributed by atoms with E-state index in [9.17, 15) is 9.59 Å². The van der Waals surface area contributed by atoms with E-state index in [-0.39, 0.29) is 30.4 Å². The van der Waals surface area contributed by atoms with Gasteiger partial charge in [-0.3, -0.25) is 9.59 Å². The van der Waals surface area contributed by atoms with Gasteiger partial charge in [0.2, 0.25) is 5.91 Å². The van der Waals surface area contributed by atoms with Gasteiger partial charge >= 0.3 is 0 Å². The number of halogens is 1. The number of benzene rings is 2. The Hall–Kier alpha value is -2.83. The molecule has 0 radical (unpaired) electrons. The highest BCUT2D eigenvalue weighted by atomic mass is 35.5. The van der Waals surface area contributed by atoms with Crippen molar-refractivity contribution in [2.24, 2.45) is 0 Å². The van der Waals surface area contributed by atoms with Crippen LogP contribution in [0.2, 0.25) is 5.02 Å². The first-order chi connectivity index (χ1) is 16.1. The number of amides is 2. The van der Waals surface area contributed by atoms with Gasteiger partial charge in [0.05, 0.1) is 6.04 Å². The highest BCUT2D eigenvalue weighted by Crippen LogP contribution is 2.35. The van der Waals surface area contributed by atoms with E-state index in [1.165, 1.54) is 4.88 Å². The molecule has 1 saturated carbocycles. The highest BCUT2D eigenvalue weighted by molar-refractivity contribution is 7.10. The van der Waals surface area contributed by atoms with Crippen LogP contribution in [0.15, 0.2) is 66.0 Å². The van der Waals surface area contributed by atoms with E-state index in [0.29, 0.717) is 29.5 Å². The first-order valence-corrected chi connectivity index (χ1v) is 12.5. The molecule has 2 aromatic carbocycles. The molecule has 0 bridgehead atoms. The summed E-state index contributed by atoms with van der Waals surface area (Å²) in [7, 11) is 0. The first kappa shape index (κ1) is 22.0. The number of carbonyl (C=O) groups is 2. The fourth-order valence-corrected chi connectivity index (χ4v) is 5.37. The molecule has 2 aliphatic rings. The molecule has 0 N–H and O–H groups in total. The Kier molecular flexibility index (Phi) is 6.38. The maximum Gasteiger partial charge on any atom is 0.254 e. The summed E-state index contributed by atoms with van der Waals surface area (Å²) in [5.74, 6) is 0.606. The van der Waals surface area contributed by atoms with Crippen LogP contribution in [0.1, 0.15) is 39.7 Å². The Morgan fingerprint density at radius 2 is 1.82 bits per heavy atom. The molecule has 0 spiro atoms. The molecule has 7 heteroatoms. The summed E-state index contributed by atoms with van der Waals surface area (Å²) in [5.41, 5.74) is 1.76. The SMILES string of the molecule is O=C(c1ccccc1)N(CC(=O)N1CCc2sccc2[C@@H]1COc1ccc(Cl)cc1)C1CC1. The van der Waals surface area contributed by atoms with Crippen molar-refractivity contribution in [2.45, 2.75) is 31.3 Å². The van der Waals surface area contributed by atoms with Crippen LogP contribution < -0.4 is 4.74 Å². The van der Waals surface area contributed by atoms with Crippen LogP contribution in [-0.2, 0) is 11.2 Å². The van der Waals surface area contributed by atoms with Crippen LogP contribution in [0.25, 0.3) is 0 Å². The summed E-state index contributed by atoms with van der Waals surface area (Å²) >= 11 is 7.71. The average molecular weight is 481 g/mol. The van der Waals surface area contributed by atoms with Gasteiger partial charge in [0.25, 0.3) is 5.91 Å². The molecule has 1 fully saturated rings. The summed E-state index contributed by atoms with van der Waals surface area (Å²) < 4.78 is 6.06. The van der Waals surface area contributed by atoms with E-state index < -0.39 is 0 Å². The lowest BCUT2D eigenvalue weighted by molar-refractivity contribution is -0.135. The molecule has 2 heterocycles. The highest BCUT2D eigenvalue weighted by Gasteiger charge is 2.38. The van der Waals surface area contributed by atoms with Gasteiger partial charge in [-0.25, -0.2) is 0 Å². The smallest absolute Gasteiger partial charge is 0.254 e. The van der Waals surface area contributed by atoms with Crippen LogP contribution in [-0.4, -0.2) is 47.4 Å². The summed E-state index contributed by atoms with van der Waals surface area (Å²) in [6, 6.07) is 18.5. The van der Waals surface area contributed by atoms with Gasteiger partial charge in [0.1, 0.15) is 18.9 Å². The van der Waals surface area contributed by atoms with Gasteiger partial charge < -0.3 is 14.5 Å². The molecule has 2 amide bonds. The van der Waals surface area contributed by atoms with Crippen molar-refractivity contribution in [1.29, 1.82) is 0 Å². The monoisotopic (exact) mass is 480 g/mol. The van der Waals surface area contributed by atoms with Crippen LogP contribution in [0, 0.1) is 0 Å². The summed E-state index contributed by atoms with van der Waals surface area (Å²) in [6.07, 6.45) is 2.72. The van der Waals surface area contributed by atoms with E-state index in [4.69, 9.17) is 16.3 Å². The van der Waals surface area contributed by atoms with Crippen LogP contribution >= 0.6 is 22.9 Å². The topological polar surface area (TPSA) is 49.9 Å². The minimum atomic E-state index is -0.184. The lowest BCUT2D eigenvalue weighted by atomic mass is 10.0. The van der Waals surface area contributed by atoms with Gasteiger partial charge in [-0.05, 0) is 72.7 Å². The third kappa shape index (κ3) is 4.92. The molecule has 0 saturated heterocycles. The Morgan fingerprint density at radius 3 is 2.55 bits per heavy atom. The van der Waals surface area contributed by atoms with Crippen LogP contribution in [0.4, 0.5) is 0 Å². The number of fused-ring (bicyclic) bond motifs is 1. The Balaban J connectivity index is 1.33. The first-order valence-electron chi connectivity index (χ1n) is 11.2. The number of rotatable bonds is 7. The molecule has 3 aromatic rings. The molecule has 1 aliphatic heterocycles. The Bertz CT molecular complexity index is 1130. The third-order valence-corrected chi connectivity index (χ3v) is 7.46. The predicted molar refractivity (Wildman–Crippen MR) is 130 cm³/mol. The Morgan fingerprint density at radius 1 is 1.06 bits per heavy atom. The van der Waals surface area contributed by atoms with Crippen molar-refractivity contribution in [3.8, 4) is 5.75 Å². The summed E-state index contributed by atoms with van der Waals surface area (Å²) in [6.45, 7) is 1.07. The second-order valence-electron chi connectivity index (χ2n) is 8.45. The Labute approximate surface area is 202 Å². The van der Waals surface area contributed by atoms with Gasteiger partial charge in [0, 0.05) is 28.0 Å². The standard InChI is InChI=1S/C26H25ClN2O3S/c27-19-6-10-21(11-7-19)32-17-23-22-13-15-33-24(22)12-14-28(23)25(30)16-29(20-8-9-20)26(31)18-4-2-1-3-5-18/h1-7,10-11,13,15,20,23H,8-9,12,14,16-17H2/t23-/m0/s1. The van der Waals surface area contributed by atoms with Crippen molar-refractivity contribution >= 4 is 34.8 Å². The number of nitrogens with zero attached hydrogens (tertiary/aromatic N) is 2. The number of ether oxygens (including phenoxy) is 1. The van der Waals surface area contributed by atoms with Crippen LogP contribution in [0.3, 0.4) is 0 Å². The molecule has 1 atom stereocenters. The minimum absolute atomic E-state index is 0.0345. The van der Waals surface area contributed by atoms with E-state index in [2.05, 4.69) is 11.4 Å². The molecule has 1 aromatic heterocycles. The fourth-order valence-electron chi connectivity index (χ4n) is 4.32. The van der Waals surface area contributed by atoms with E-state index in [0.717, 1.165) is 24.8 Å². The maximum atomic E-state index is 13.5. The fraction of sp³-hybridized carbons (Fsp3) is 0.308. The molecule has 170 valence electrons. The molecule has 33 heavy (non-hydrogen) atoms. The van der Waals surface area contributed by atoms with Crippen molar-refractivity contribution in [2.75, 3.05) is 19.7 Å². The van der Waals surface area contributed by atoms with E-state index in [1.807, 2.05) is 47.4 Å². The molecular formula is C26H25ClN2O3S. The predicted octanol–water partition coefficient (Wildman–Crippen LogP) is 5.21. The van der Waals surface area contributed by atoms with Crippen molar-refractivity contribution in [3.05, 3.63) is 87.1 Å². The molecule has 5 nitrogen and oxygen atoms in total. The largest absolute Gasteiger partial charge is 0.491 e. The number of hydrogen-bond acceptors (Lipinski definition) is 4. The number of thiophene rings is 1. The van der Waals surface area contributed by atoms with Crippen LogP contribution in [0.5, 0.6) is 5.75 Å². The maximum absolute atomic E-state index is 13.5. The van der Waals surface area contributed by atoms with Gasteiger partial charge in [-0.2, -0.15) is 0 Å². The second-order valence-corrected chi connectivity index (χ2v) is 9.88. The van der Waals surface area contributed by atoms with E-state index >= 15 is 0 Å². The van der Waals surface area contributed by atoms with Crippen molar-refractivity contribution < 1.29 is 14.3 Å². The zero-order valence-electron chi connectivity index (χ0n) is 18.2. The molecule has 1 aliphatic carbocycles. The van der Waals surface area contributed by atoms with Gasteiger partial charge in [-0.15, -0.1) is 11.3 Å². The number of carbonyl (C=O) groups excluding carboxylic acids is 2.